The normalized spacial score (nSPS) is 15.1. The molecule has 30 heavy (non-hydrogen) atoms. The zero-order valence-electron chi connectivity index (χ0n) is 16.4. The minimum absolute atomic E-state index is 0.185. The van der Waals surface area contributed by atoms with Crippen LogP contribution >= 0.6 is 0 Å². The second-order valence-electron chi connectivity index (χ2n) is 6.78. The van der Waals surface area contributed by atoms with Gasteiger partial charge in [-0.3, -0.25) is 4.79 Å². The summed E-state index contributed by atoms with van der Waals surface area (Å²) in [5.41, 5.74) is 4.93. The van der Waals surface area contributed by atoms with E-state index in [1.54, 1.807) is 0 Å². The number of nitrogens with two attached hydrogens (primary N) is 1. The van der Waals surface area contributed by atoms with E-state index in [0.717, 1.165) is 28.9 Å². The van der Waals surface area contributed by atoms with E-state index in [0.29, 0.717) is 25.9 Å². The number of halogens is 2. The molecule has 3 N–H and O–H groups in total. The topological polar surface area (TPSA) is 128 Å². The average molecular weight is 441 g/mol. The number of hydrogen-bond acceptors (Lipinski definition) is 8. The van der Waals surface area contributed by atoms with Crippen LogP contribution in [0.2, 0.25) is 0 Å². The van der Waals surface area contributed by atoms with E-state index in [9.17, 15) is 22.0 Å². The summed E-state index contributed by atoms with van der Waals surface area (Å²) in [7, 11) is -2.53. The van der Waals surface area contributed by atoms with Crippen LogP contribution in [-0.2, 0) is 10.0 Å². The molecule has 1 fully saturated rings. The number of rotatable bonds is 6. The number of ether oxygens (including phenoxy) is 1. The number of carbonyl (C=O) groups excluding carboxylic acids is 1. The second kappa shape index (κ2) is 8.48. The molecule has 0 bridgehead atoms. The fourth-order valence-electron chi connectivity index (χ4n) is 3.34. The van der Waals surface area contributed by atoms with Crippen molar-refractivity contribution in [2.45, 2.75) is 18.9 Å². The van der Waals surface area contributed by atoms with Crippen molar-refractivity contribution in [2.75, 3.05) is 36.5 Å². The van der Waals surface area contributed by atoms with Gasteiger partial charge in [-0.1, -0.05) is 0 Å². The maximum Gasteiger partial charge on any atom is 0.241 e. The van der Waals surface area contributed by atoms with Gasteiger partial charge in [-0.2, -0.15) is 4.98 Å². The van der Waals surface area contributed by atoms with Gasteiger partial charge in [-0.15, -0.1) is 0 Å². The summed E-state index contributed by atoms with van der Waals surface area (Å²) in [6.45, 7) is 1.25. The maximum absolute atomic E-state index is 14.3. The van der Waals surface area contributed by atoms with Crippen LogP contribution in [0.5, 0.6) is 5.75 Å². The van der Waals surface area contributed by atoms with Gasteiger partial charge in [0.05, 0.1) is 25.0 Å². The van der Waals surface area contributed by atoms with Crippen molar-refractivity contribution in [3.05, 3.63) is 41.1 Å². The summed E-state index contributed by atoms with van der Waals surface area (Å²) in [6, 6.07) is 1.57. The van der Waals surface area contributed by atoms with Crippen molar-refractivity contribution in [3.63, 3.8) is 0 Å². The predicted octanol–water partition coefficient (Wildman–Crippen LogP) is 1.09. The number of methoxy groups -OCH3 is 1. The lowest BCUT2D eigenvalue weighted by atomic mass is 10.0. The zero-order valence-corrected chi connectivity index (χ0v) is 17.2. The molecule has 2 heterocycles. The summed E-state index contributed by atoms with van der Waals surface area (Å²) in [5, 5.41) is 3.14. The predicted molar refractivity (Wildman–Crippen MR) is 106 cm³/mol. The summed E-state index contributed by atoms with van der Waals surface area (Å²) < 4.78 is 58.7. The minimum Gasteiger partial charge on any atom is -0.496 e. The molecule has 0 radical (unpaired) electrons. The molecule has 1 aliphatic rings. The molecule has 1 aromatic heterocycles. The summed E-state index contributed by atoms with van der Waals surface area (Å²) >= 11 is 0. The number of nitrogens with zero attached hydrogens (tertiary/aromatic N) is 3. The Morgan fingerprint density at radius 1 is 1.30 bits per heavy atom. The molecule has 1 aromatic carbocycles. The summed E-state index contributed by atoms with van der Waals surface area (Å²) in [6.07, 6.45) is 3.12. The summed E-state index contributed by atoms with van der Waals surface area (Å²) in [4.78, 5) is 20.8. The molecular formula is C18H21F2N5O4S. The highest BCUT2D eigenvalue weighted by atomic mass is 32.2. The highest BCUT2D eigenvalue weighted by Crippen LogP contribution is 2.29. The number of aromatic nitrogens is 2. The lowest BCUT2D eigenvalue weighted by Gasteiger charge is -2.32. The van der Waals surface area contributed by atoms with Gasteiger partial charge in [0, 0.05) is 6.20 Å². The number of ketones is 1. The Hall–Kier alpha value is -2.86. The van der Waals surface area contributed by atoms with Crippen molar-refractivity contribution >= 4 is 27.6 Å². The molecule has 0 spiro atoms. The monoisotopic (exact) mass is 441 g/mol. The van der Waals surface area contributed by atoms with Crippen molar-refractivity contribution in [1.82, 2.24) is 15.3 Å². The van der Waals surface area contributed by atoms with Gasteiger partial charge in [-0.05, 0) is 38.1 Å². The Morgan fingerprint density at radius 3 is 2.53 bits per heavy atom. The molecule has 12 heteroatoms. The van der Waals surface area contributed by atoms with Crippen molar-refractivity contribution in [2.24, 2.45) is 0 Å². The van der Waals surface area contributed by atoms with Gasteiger partial charge < -0.3 is 15.8 Å². The van der Waals surface area contributed by atoms with Gasteiger partial charge in [0.15, 0.2) is 11.6 Å². The van der Waals surface area contributed by atoms with Crippen LogP contribution in [0.15, 0.2) is 18.3 Å². The Bertz CT molecular complexity index is 1070. The molecule has 0 amide bonds. The third-order valence-electron chi connectivity index (χ3n) is 4.75. The van der Waals surface area contributed by atoms with E-state index in [-0.39, 0.29) is 29.1 Å². The molecule has 9 nitrogen and oxygen atoms in total. The van der Waals surface area contributed by atoms with Gasteiger partial charge >= 0.3 is 0 Å². The Labute approximate surface area is 172 Å². The van der Waals surface area contributed by atoms with Crippen molar-refractivity contribution < 1.29 is 26.7 Å². The van der Waals surface area contributed by atoms with E-state index >= 15 is 0 Å². The quantitative estimate of drug-likeness (QED) is 0.638. The molecule has 162 valence electrons. The Morgan fingerprint density at radius 2 is 1.97 bits per heavy atom. The smallest absolute Gasteiger partial charge is 0.241 e. The van der Waals surface area contributed by atoms with Crippen LogP contribution < -0.4 is 20.1 Å². The number of nitrogens with one attached hydrogen (secondary N) is 1. The first-order valence-electron chi connectivity index (χ1n) is 9.04. The highest BCUT2D eigenvalue weighted by Gasteiger charge is 2.32. The fraction of sp³-hybridized carbons (Fsp3) is 0.389. The number of nitrogen functional groups attached to an aromatic ring is 1. The maximum atomic E-state index is 14.3. The number of benzene rings is 1. The molecule has 2 aromatic rings. The Balaban J connectivity index is 2.03. The number of hydrogen-bond donors (Lipinski definition) is 2. The minimum atomic E-state index is -3.73. The van der Waals surface area contributed by atoms with E-state index in [1.807, 2.05) is 0 Å². The van der Waals surface area contributed by atoms with Gasteiger partial charge in [0.25, 0.3) is 0 Å². The SMILES string of the molecule is COc1ccc(F)c(F)c1C(=O)c1cnc(N(C2CCNCC2)S(C)(=O)=O)nc1N. The standard InChI is InChI=1S/C18H21F2N5O4S/c1-29-13-4-3-12(19)15(20)14(13)16(26)11-9-23-18(24-17(11)21)25(30(2,27)28)10-5-7-22-8-6-10/h3-4,9-10,22H,5-8H2,1-2H3,(H2,21,23,24). The molecule has 0 atom stereocenters. The van der Waals surface area contributed by atoms with E-state index in [1.165, 1.54) is 7.11 Å². The summed E-state index contributed by atoms with van der Waals surface area (Å²) in [5.74, 6) is -4.35. The van der Waals surface area contributed by atoms with Gasteiger partial charge in [-0.25, -0.2) is 26.5 Å². The number of piperidine rings is 1. The number of sulfonamides is 1. The Kier molecular flexibility index (Phi) is 6.17. The van der Waals surface area contributed by atoms with Crippen LogP contribution in [0, 0.1) is 11.6 Å². The molecule has 1 saturated heterocycles. The first-order chi connectivity index (χ1) is 14.1. The molecule has 1 aliphatic heterocycles. The lowest BCUT2D eigenvalue weighted by molar-refractivity contribution is 0.103. The lowest BCUT2D eigenvalue weighted by Crippen LogP contribution is -2.46. The fourth-order valence-corrected chi connectivity index (χ4v) is 4.48. The first kappa shape index (κ1) is 21.8. The second-order valence-corrected chi connectivity index (χ2v) is 8.64. The van der Waals surface area contributed by atoms with E-state index in [4.69, 9.17) is 10.5 Å². The number of carbonyl (C=O) groups is 1. The van der Waals surface area contributed by atoms with E-state index in [2.05, 4.69) is 15.3 Å². The molecule has 0 aliphatic carbocycles. The van der Waals surface area contributed by atoms with Crippen molar-refractivity contribution in [1.29, 1.82) is 0 Å². The first-order valence-corrected chi connectivity index (χ1v) is 10.9. The van der Waals surface area contributed by atoms with Crippen LogP contribution in [0.4, 0.5) is 20.5 Å². The highest BCUT2D eigenvalue weighted by molar-refractivity contribution is 7.92. The average Bonchev–Trinajstić information content (AvgIpc) is 2.69. The molecule has 3 rings (SSSR count). The van der Waals surface area contributed by atoms with Gasteiger partial charge in [0.1, 0.15) is 17.1 Å². The van der Waals surface area contributed by atoms with Crippen LogP contribution in [0.25, 0.3) is 0 Å². The van der Waals surface area contributed by atoms with E-state index < -0.39 is 33.0 Å². The van der Waals surface area contributed by atoms with Crippen LogP contribution in [0.3, 0.4) is 0 Å². The molecular weight excluding hydrogens is 420 g/mol. The zero-order chi connectivity index (χ0) is 22.1. The largest absolute Gasteiger partial charge is 0.496 e. The van der Waals surface area contributed by atoms with Gasteiger partial charge in [0.2, 0.25) is 21.8 Å². The number of anilines is 2. The molecule has 0 saturated carbocycles. The third-order valence-corrected chi connectivity index (χ3v) is 5.92. The van der Waals surface area contributed by atoms with Crippen LogP contribution in [0.1, 0.15) is 28.8 Å². The molecule has 0 unspecified atom stereocenters. The van der Waals surface area contributed by atoms with Crippen LogP contribution in [-0.4, -0.2) is 56.7 Å². The third kappa shape index (κ3) is 4.19. The van der Waals surface area contributed by atoms with Crippen molar-refractivity contribution in [3.8, 4) is 5.75 Å².